The lowest BCUT2D eigenvalue weighted by molar-refractivity contribution is 0.106. The average Bonchev–Trinajstić information content (AvgIpc) is 2.99. The largest absolute Gasteiger partial charge is 0.400 e. The van der Waals surface area contributed by atoms with E-state index in [4.69, 9.17) is 48.2 Å². The molecule has 0 heterocycles. The fourth-order valence-corrected chi connectivity index (χ4v) is 2.46. The first kappa shape index (κ1) is 51.2. The van der Waals surface area contributed by atoms with Crippen molar-refractivity contribution in [2.75, 3.05) is 106 Å². The van der Waals surface area contributed by atoms with Crippen LogP contribution in [0.2, 0.25) is 0 Å². The number of hydrogen-bond donors (Lipinski definition) is 2. The van der Waals surface area contributed by atoms with Crippen molar-refractivity contribution >= 4 is 34.9 Å². The van der Waals surface area contributed by atoms with E-state index in [1.807, 2.05) is 0 Å². The minimum atomic E-state index is -0.951. The van der Waals surface area contributed by atoms with Gasteiger partial charge in [0.1, 0.15) is 0 Å². The zero-order valence-corrected chi connectivity index (χ0v) is 33.3. The van der Waals surface area contributed by atoms with Gasteiger partial charge < -0.3 is 43.1 Å². The molecule has 0 radical (unpaired) electrons. The molecule has 0 saturated carbocycles. The van der Waals surface area contributed by atoms with Gasteiger partial charge >= 0.3 is 0 Å². The Morgan fingerprint density at radius 3 is 0.767 bits per heavy atom. The standard InChI is InChI=1S/3C6H15O2P.C6H14O.C3H8.CH6NP.CH4O.CH4/c3*1-3-4-7-5-6-8-9-2;1-3-5-7-6-4-2;2*1-3-2;1-2;/h3*9H,3-6H2,1-2H3;3-6H2,1-2H3;3H2,1-2H3;3H,2H2,1H3;2H,1H3;1H4/i3*9T;;;3T;;. The van der Waals surface area contributed by atoms with E-state index in [9.17, 15) is 0 Å². The Hall–Kier alpha value is 1.36. The van der Waals surface area contributed by atoms with Crippen molar-refractivity contribution in [1.82, 2.24) is 0 Å². The second-order valence-corrected chi connectivity index (χ2v) is 9.85. The fourth-order valence-electron chi connectivity index (χ4n) is 1.69. The molecule has 274 valence electrons. The smallest absolute Gasteiger partial charge is 0.0883 e. The summed E-state index contributed by atoms with van der Waals surface area (Å²) in [6.07, 6.45) is 6.66. The van der Waals surface area contributed by atoms with E-state index < -0.39 is 34.9 Å². The van der Waals surface area contributed by atoms with E-state index in [1.165, 1.54) is 6.42 Å². The molecule has 3 N–H and O–H groups in total. The number of aliphatic hydroxyl groups excluding tert-OH is 1. The molecule has 4 atom stereocenters. The Balaban J connectivity index is -0.0000000661. The van der Waals surface area contributed by atoms with Crippen LogP contribution in [-0.2, 0) is 32.5 Å². The molecule has 0 aliphatic carbocycles. The van der Waals surface area contributed by atoms with Crippen LogP contribution in [0.4, 0.5) is 0 Å². The van der Waals surface area contributed by atoms with Gasteiger partial charge in [-0.05, 0) is 58.8 Å². The second kappa shape index (κ2) is 90.3. The van der Waals surface area contributed by atoms with Crippen molar-refractivity contribution in [2.45, 2.75) is 94.4 Å². The first-order valence-corrected chi connectivity index (χ1v) is 20.4. The van der Waals surface area contributed by atoms with Crippen molar-refractivity contribution in [3.05, 3.63) is 0 Å². The van der Waals surface area contributed by atoms with E-state index in [0.717, 1.165) is 72.2 Å². The minimum Gasteiger partial charge on any atom is -0.400 e. The maximum absolute atomic E-state index is 7.05. The van der Waals surface area contributed by atoms with Crippen LogP contribution < -0.4 is 5.50 Å². The molecule has 13 heteroatoms. The summed E-state index contributed by atoms with van der Waals surface area (Å²) in [5, 5.41) is 7.00. The molecular formula is C30H81NO8P4. The summed E-state index contributed by atoms with van der Waals surface area (Å²) in [5.74, 6) is 0. The summed E-state index contributed by atoms with van der Waals surface area (Å²) >= 11 is 0. The highest BCUT2D eigenvalue weighted by Gasteiger charge is 1.85. The van der Waals surface area contributed by atoms with Gasteiger partial charge in [0.05, 0.1) is 44.8 Å². The average molecular weight is 716 g/mol. The van der Waals surface area contributed by atoms with Crippen LogP contribution in [0.25, 0.3) is 0 Å². The minimum absolute atomic E-state index is 0. The molecule has 0 amide bonds. The Kier molecular flexibility index (Phi) is 107. The first-order valence-electron chi connectivity index (χ1n) is 17.0. The van der Waals surface area contributed by atoms with Crippen LogP contribution in [0, 0.1) is 0 Å². The number of rotatable bonds is 22. The number of hydrogen-bond acceptors (Lipinski definition) is 9. The third kappa shape index (κ3) is 136. The van der Waals surface area contributed by atoms with Crippen LogP contribution in [0.5, 0.6) is 0 Å². The van der Waals surface area contributed by atoms with Gasteiger partial charge in [-0.25, -0.2) is 0 Å². The van der Waals surface area contributed by atoms with Crippen molar-refractivity contribution in [2.24, 2.45) is 5.50 Å². The van der Waals surface area contributed by atoms with Crippen LogP contribution >= 0.6 is 34.9 Å². The molecule has 0 saturated heterocycles. The quantitative estimate of drug-likeness (QED) is 0.0841. The predicted octanol–water partition coefficient (Wildman–Crippen LogP) is 8.61. The highest BCUT2D eigenvalue weighted by Crippen LogP contribution is 2.03. The molecule has 0 rings (SSSR count). The number of ether oxygens (including phenoxy) is 4. The molecule has 0 aromatic rings. The van der Waals surface area contributed by atoms with E-state index in [2.05, 4.69) is 48.5 Å². The summed E-state index contributed by atoms with van der Waals surface area (Å²) in [4.78, 5) is 0. The topological polar surface area (TPSA) is 111 Å². The maximum atomic E-state index is 7.05. The van der Waals surface area contributed by atoms with Crippen molar-refractivity contribution < 1.29 is 37.6 Å². The highest BCUT2D eigenvalue weighted by atomic mass is 31.1. The molecule has 0 aromatic heterocycles. The molecule has 9 nitrogen and oxygen atoms in total. The molecule has 0 spiro atoms. The third-order valence-electron chi connectivity index (χ3n) is 3.09. The molecule has 0 bridgehead atoms. The molecule has 43 heavy (non-hydrogen) atoms. The van der Waals surface area contributed by atoms with Gasteiger partial charge in [0.25, 0.3) is 0 Å². The van der Waals surface area contributed by atoms with E-state index >= 15 is 0 Å². The van der Waals surface area contributed by atoms with Crippen molar-refractivity contribution in [3.63, 3.8) is 0 Å². The predicted molar refractivity (Wildman–Crippen MR) is 205 cm³/mol. The van der Waals surface area contributed by atoms with Gasteiger partial charge in [0.15, 0.2) is 0 Å². The summed E-state index contributed by atoms with van der Waals surface area (Å²) in [6.45, 7) is 29.4. The van der Waals surface area contributed by atoms with Crippen LogP contribution in [0.15, 0.2) is 0 Å². The Bertz CT molecular complexity index is 389. The van der Waals surface area contributed by atoms with Gasteiger partial charge in [-0.1, -0.05) is 71.0 Å². The first-order chi connectivity index (χ1) is 21.9. The van der Waals surface area contributed by atoms with Crippen LogP contribution in [-0.4, -0.2) is 117 Å². The zero-order valence-electron chi connectivity index (χ0n) is 33.7. The lowest BCUT2D eigenvalue weighted by Crippen LogP contribution is -2.00. The summed E-state index contributed by atoms with van der Waals surface area (Å²) < 4.78 is 63.1. The molecule has 0 fully saturated rings. The summed E-state index contributed by atoms with van der Waals surface area (Å²) in [7, 11) is -2.72. The van der Waals surface area contributed by atoms with E-state index in [-0.39, 0.29) is 7.43 Å². The van der Waals surface area contributed by atoms with Crippen molar-refractivity contribution in [3.8, 4) is 0 Å². The van der Waals surface area contributed by atoms with E-state index in [0.29, 0.717) is 39.6 Å². The van der Waals surface area contributed by atoms with Gasteiger partial charge in [0, 0.05) is 66.4 Å². The highest BCUT2D eigenvalue weighted by molar-refractivity contribution is 7.34. The molecule has 0 aromatic carbocycles. The second-order valence-electron chi connectivity index (χ2n) is 7.46. The third-order valence-corrected chi connectivity index (χ3v) is 4.41. The maximum Gasteiger partial charge on any atom is 0.0883 e. The normalized spacial score (nSPS) is 13.1. The van der Waals surface area contributed by atoms with Crippen LogP contribution in [0.3, 0.4) is 0 Å². The van der Waals surface area contributed by atoms with Gasteiger partial charge in [-0.2, -0.15) is 0 Å². The van der Waals surface area contributed by atoms with Crippen LogP contribution in [0.1, 0.15) is 94.4 Å². The number of nitrogens with two attached hydrogens (primary N) is 1. The van der Waals surface area contributed by atoms with Gasteiger partial charge in [-0.3, -0.25) is 0 Å². The molecule has 4 unspecified atom stereocenters. The lowest BCUT2D eigenvalue weighted by Gasteiger charge is -2.00. The summed E-state index contributed by atoms with van der Waals surface area (Å²) in [6, 6.07) is 0. The monoisotopic (exact) mass is 716 g/mol. The zero-order chi connectivity index (χ0) is 37.3. The summed E-state index contributed by atoms with van der Waals surface area (Å²) in [5.41, 5.74) is 4.84. The fraction of sp³-hybridized carbons (Fsp3) is 1.00. The molecular weight excluding hydrogens is 626 g/mol. The van der Waals surface area contributed by atoms with E-state index in [1.54, 1.807) is 26.7 Å². The molecule has 0 aliphatic rings. The Morgan fingerprint density at radius 1 is 0.465 bits per heavy atom. The van der Waals surface area contributed by atoms with Gasteiger partial charge in [0.2, 0.25) is 0 Å². The lowest BCUT2D eigenvalue weighted by atomic mass is 10.5. The van der Waals surface area contributed by atoms with Crippen molar-refractivity contribution in [1.29, 1.82) is 5.11 Å². The molecule has 0 aliphatic heterocycles. The SMILES string of the molecule is C.CCC.CCCOCCC.CO.[3H]P(C)N.[3H]P(C)OCCOCCC.[3H]P(C)OCCOCCC.[3H]P(C)OCCOCCC. The van der Waals surface area contributed by atoms with Gasteiger partial charge in [-0.15, -0.1) is 0 Å². The number of aliphatic hydroxyl groups is 1. The Labute approximate surface area is 283 Å². The Morgan fingerprint density at radius 2 is 0.628 bits per heavy atom.